The van der Waals surface area contributed by atoms with Crippen LogP contribution in [-0.4, -0.2) is 42.9 Å². The van der Waals surface area contributed by atoms with Crippen LogP contribution in [0.15, 0.2) is 78.9 Å². The van der Waals surface area contributed by atoms with E-state index in [1.807, 2.05) is 36.4 Å². The highest BCUT2D eigenvalue weighted by Crippen LogP contribution is 2.39. The average molecular weight is 404 g/mol. The molecule has 0 amide bonds. The molecular formula is C26H29NO3. The molecule has 0 unspecified atom stereocenters. The highest BCUT2D eigenvalue weighted by molar-refractivity contribution is 5.46. The van der Waals surface area contributed by atoms with Crippen molar-refractivity contribution in [1.29, 1.82) is 0 Å². The number of hydrogen-bond donors (Lipinski definition) is 1. The van der Waals surface area contributed by atoms with Crippen LogP contribution in [0.4, 0.5) is 0 Å². The molecule has 0 bridgehead atoms. The second-order valence-electron chi connectivity index (χ2n) is 7.91. The summed E-state index contributed by atoms with van der Waals surface area (Å²) in [6, 6.07) is 26.5. The number of nitrogens with zero attached hydrogens (tertiary/aromatic N) is 1. The predicted molar refractivity (Wildman–Crippen MR) is 119 cm³/mol. The Morgan fingerprint density at radius 1 is 0.967 bits per heavy atom. The van der Waals surface area contributed by atoms with Gasteiger partial charge in [0, 0.05) is 18.0 Å². The summed E-state index contributed by atoms with van der Waals surface area (Å²) >= 11 is 0. The molecule has 1 N–H and O–H groups in total. The number of para-hydroxylation sites is 2. The van der Waals surface area contributed by atoms with Gasteiger partial charge in [-0.05, 0) is 49.3 Å². The molecule has 4 rings (SSSR count). The molecule has 1 heterocycles. The number of likely N-dealkylation sites (N-methyl/N-ethyl adjacent to an activating group) is 1. The molecule has 0 spiro atoms. The lowest BCUT2D eigenvalue weighted by Gasteiger charge is -2.24. The molecule has 4 heteroatoms. The minimum absolute atomic E-state index is 0.278. The zero-order valence-electron chi connectivity index (χ0n) is 17.4. The average Bonchev–Trinajstić information content (AvgIpc) is 2.94. The lowest BCUT2D eigenvalue weighted by Crippen LogP contribution is -2.34. The minimum atomic E-state index is -0.535. The zero-order valence-corrected chi connectivity index (χ0v) is 17.4. The number of fused-ring (bicyclic) bond motifs is 2. The maximum Gasteiger partial charge on any atom is 0.123 e. The van der Waals surface area contributed by atoms with Gasteiger partial charge < -0.3 is 19.5 Å². The van der Waals surface area contributed by atoms with Crippen LogP contribution in [0.25, 0.3) is 0 Å². The first-order valence-electron chi connectivity index (χ1n) is 10.5. The molecule has 0 fully saturated rings. The normalized spacial score (nSPS) is 16.2. The van der Waals surface area contributed by atoms with Crippen LogP contribution in [-0.2, 0) is 6.61 Å². The maximum absolute atomic E-state index is 10.4. The van der Waals surface area contributed by atoms with Gasteiger partial charge in [-0.25, -0.2) is 0 Å². The third kappa shape index (κ3) is 5.02. The SMILES string of the molecule is CN(CC[C@@H]1c2ccccc2COc2ccccc21)C[C@@H](O)COc1ccccc1. The summed E-state index contributed by atoms with van der Waals surface area (Å²) in [6.45, 7) is 2.33. The van der Waals surface area contributed by atoms with Gasteiger partial charge >= 0.3 is 0 Å². The smallest absolute Gasteiger partial charge is 0.123 e. The summed E-state index contributed by atoms with van der Waals surface area (Å²) < 4.78 is 11.8. The molecule has 30 heavy (non-hydrogen) atoms. The van der Waals surface area contributed by atoms with Crippen molar-refractivity contribution in [2.24, 2.45) is 0 Å². The molecule has 0 saturated heterocycles. The Kier molecular flexibility index (Phi) is 6.67. The van der Waals surface area contributed by atoms with Crippen LogP contribution in [0.2, 0.25) is 0 Å². The summed E-state index contributed by atoms with van der Waals surface area (Å²) in [5, 5.41) is 10.4. The molecule has 3 aromatic rings. The van der Waals surface area contributed by atoms with Crippen molar-refractivity contribution in [3.8, 4) is 11.5 Å². The lowest BCUT2D eigenvalue weighted by atomic mass is 9.86. The summed E-state index contributed by atoms with van der Waals surface area (Å²) in [5.41, 5.74) is 3.82. The molecule has 1 aliphatic rings. The highest BCUT2D eigenvalue weighted by Gasteiger charge is 2.24. The third-order valence-corrected chi connectivity index (χ3v) is 5.62. The molecule has 0 aliphatic carbocycles. The van der Waals surface area contributed by atoms with Gasteiger partial charge in [-0.1, -0.05) is 60.7 Å². The van der Waals surface area contributed by atoms with E-state index in [2.05, 4.69) is 54.4 Å². The van der Waals surface area contributed by atoms with Gasteiger partial charge in [0.05, 0.1) is 0 Å². The van der Waals surface area contributed by atoms with Crippen LogP contribution >= 0.6 is 0 Å². The van der Waals surface area contributed by atoms with Gasteiger partial charge in [0.15, 0.2) is 0 Å². The summed E-state index contributed by atoms with van der Waals surface area (Å²) in [5.74, 6) is 2.03. The van der Waals surface area contributed by atoms with E-state index in [1.165, 1.54) is 16.7 Å². The van der Waals surface area contributed by atoms with E-state index >= 15 is 0 Å². The van der Waals surface area contributed by atoms with Gasteiger partial charge in [0.2, 0.25) is 0 Å². The van der Waals surface area contributed by atoms with E-state index < -0.39 is 6.10 Å². The topological polar surface area (TPSA) is 41.9 Å². The molecular weight excluding hydrogens is 374 g/mol. The van der Waals surface area contributed by atoms with Gasteiger partial charge in [-0.15, -0.1) is 0 Å². The Balaban J connectivity index is 1.38. The van der Waals surface area contributed by atoms with Crippen molar-refractivity contribution in [2.45, 2.75) is 25.0 Å². The fourth-order valence-electron chi connectivity index (χ4n) is 4.10. The molecule has 1 aliphatic heterocycles. The summed E-state index contributed by atoms with van der Waals surface area (Å²) in [6.07, 6.45) is 0.424. The van der Waals surface area contributed by atoms with E-state index in [0.29, 0.717) is 13.2 Å². The van der Waals surface area contributed by atoms with Gasteiger partial charge in [-0.3, -0.25) is 0 Å². The second-order valence-corrected chi connectivity index (χ2v) is 7.91. The van der Waals surface area contributed by atoms with Crippen LogP contribution in [0, 0.1) is 0 Å². The number of hydrogen-bond acceptors (Lipinski definition) is 4. The first kappa shape index (κ1) is 20.5. The van der Waals surface area contributed by atoms with E-state index in [0.717, 1.165) is 24.5 Å². The Hall–Kier alpha value is -2.82. The predicted octanol–water partition coefficient (Wildman–Crippen LogP) is 4.47. The summed E-state index contributed by atoms with van der Waals surface area (Å²) in [7, 11) is 2.05. The molecule has 0 radical (unpaired) electrons. The molecule has 0 aromatic heterocycles. The molecule has 156 valence electrons. The number of rotatable bonds is 8. The Labute approximate surface area is 178 Å². The van der Waals surface area contributed by atoms with Crippen molar-refractivity contribution in [1.82, 2.24) is 4.90 Å². The van der Waals surface area contributed by atoms with Crippen molar-refractivity contribution < 1.29 is 14.6 Å². The largest absolute Gasteiger partial charge is 0.491 e. The van der Waals surface area contributed by atoms with Crippen LogP contribution < -0.4 is 9.47 Å². The van der Waals surface area contributed by atoms with E-state index in [1.54, 1.807) is 0 Å². The molecule has 0 saturated carbocycles. The number of ether oxygens (including phenoxy) is 2. The van der Waals surface area contributed by atoms with Crippen LogP contribution in [0.5, 0.6) is 11.5 Å². The van der Waals surface area contributed by atoms with E-state index in [9.17, 15) is 5.11 Å². The quantitative estimate of drug-likeness (QED) is 0.602. The maximum atomic E-state index is 10.4. The van der Waals surface area contributed by atoms with E-state index in [4.69, 9.17) is 9.47 Å². The van der Waals surface area contributed by atoms with E-state index in [-0.39, 0.29) is 12.5 Å². The van der Waals surface area contributed by atoms with Crippen molar-refractivity contribution in [2.75, 3.05) is 26.7 Å². The minimum Gasteiger partial charge on any atom is -0.491 e. The summed E-state index contributed by atoms with van der Waals surface area (Å²) in [4.78, 5) is 2.18. The first-order valence-corrected chi connectivity index (χ1v) is 10.5. The number of benzene rings is 3. The zero-order chi connectivity index (χ0) is 20.8. The molecule has 3 aromatic carbocycles. The second kappa shape index (κ2) is 9.79. The van der Waals surface area contributed by atoms with Gasteiger partial charge in [0.1, 0.15) is 30.8 Å². The molecule has 2 atom stereocenters. The Morgan fingerprint density at radius 3 is 2.50 bits per heavy atom. The number of aliphatic hydroxyl groups is 1. The van der Waals surface area contributed by atoms with Gasteiger partial charge in [-0.2, -0.15) is 0 Å². The van der Waals surface area contributed by atoms with Gasteiger partial charge in [0.25, 0.3) is 0 Å². The van der Waals surface area contributed by atoms with Crippen molar-refractivity contribution in [3.05, 3.63) is 95.6 Å². The van der Waals surface area contributed by atoms with Crippen LogP contribution in [0.1, 0.15) is 29.0 Å². The fourth-order valence-corrected chi connectivity index (χ4v) is 4.10. The molecule has 4 nitrogen and oxygen atoms in total. The van der Waals surface area contributed by atoms with Crippen molar-refractivity contribution in [3.63, 3.8) is 0 Å². The third-order valence-electron chi connectivity index (χ3n) is 5.62. The fraction of sp³-hybridized carbons (Fsp3) is 0.308. The number of aliphatic hydroxyl groups excluding tert-OH is 1. The highest BCUT2D eigenvalue weighted by atomic mass is 16.5. The Bertz CT molecular complexity index is 896. The van der Waals surface area contributed by atoms with Crippen molar-refractivity contribution >= 4 is 0 Å². The standard InChI is InChI=1S/C26H29NO3/c1-27(17-21(28)19-29-22-10-3-2-4-11-22)16-15-24-23-12-6-5-9-20(23)18-30-26-14-8-7-13-25(24)26/h2-14,21,24,28H,15-19H2,1H3/t21-,24-/m1/s1. The lowest BCUT2D eigenvalue weighted by molar-refractivity contribution is 0.0757. The Morgan fingerprint density at radius 2 is 1.67 bits per heavy atom. The monoisotopic (exact) mass is 403 g/mol. The van der Waals surface area contributed by atoms with Crippen LogP contribution in [0.3, 0.4) is 0 Å². The first-order chi connectivity index (χ1) is 14.7.